The summed E-state index contributed by atoms with van der Waals surface area (Å²) in [7, 11) is 0. The fourth-order valence-electron chi connectivity index (χ4n) is 1.87. The van der Waals surface area contributed by atoms with Gasteiger partial charge in [0.25, 0.3) is 0 Å². The van der Waals surface area contributed by atoms with Crippen molar-refractivity contribution >= 4 is 11.5 Å². The maximum Gasteiger partial charge on any atom is 0.193 e. The molecule has 0 bridgehead atoms. The van der Waals surface area contributed by atoms with Crippen molar-refractivity contribution in [2.75, 3.05) is 12.3 Å². The van der Waals surface area contributed by atoms with Crippen molar-refractivity contribution < 1.29 is 13.9 Å². The first-order valence-electron chi connectivity index (χ1n) is 6.36. The van der Waals surface area contributed by atoms with Crippen LogP contribution in [0, 0.1) is 12.7 Å². The lowest BCUT2D eigenvalue weighted by Gasteiger charge is -2.07. The molecule has 0 fully saturated rings. The summed E-state index contributed by atoms with van der Waals surface area (Å²) >= 11 is 0. The largest absolute Gasteiger partial charge is 0.494 e. The fourth-order valence-corrected chi connectivity index (χ4v) is 1.87. The van der Waals surface area contributed by atoms with E-state index >= 15 is 0 Å². The van der Waals surface area contributed by atoms with Crippen LogP contribution in [0.3, 0.4) is 0 Å². The lowest BCUT2D eigenvalue weighted by molar-refractivity contribution is 0.103. The van der Waals surface area contributed by atoms with Crippen LogP contribution in [-0.4, -0.2) is 12.4 Å². The van der Waals surface area contributed by atoms with Crippen LogP contribution in [0.1, 0.15) is 28.4 Å². The van der Waals surface area contributed by atoms with Crippen LogP contribution in [0.15, 0.2) is 36.4 Å². The molecule has 0 amide bonds. The van der Waals surface area contributed by atoms with Gasteiger partial charge in [-0.2, -0.15) is 0 Å². The van der Waals surface area contributed by atoms with Gasteiger partial charge in [0.15, 0.2) is 5.78 Å². The summed E-state index contributed by atoms with van der Waals surface area (Å²) in [4.78, 5) is 12.3. The Hall–Kier alpha value is -2.36. The number of halogens is 1. The summed E-state index contributed by atoms with van der Waals surface area (Å²) < 4.78 is 18.9. The molecule has 3 nitrogen and oxygen atoms in total. The van der Waals surface area contributed by atoms with E-state index in [1.807, 2.05) is 6.92 Å². The van der Waals surface area contributed by atoms with E-state index in [4.69, 9.17) is 10.5 Å². The maximum atomic E-state index is 13.6. The summed E-state index contributed by atoms with van der Waals surface area (Å²) in [6, 6.07) is 9.44. The van der Waals surface area contributed by atoms with Crippen molar-refractivity contribution in [2.45, 2.75) is 13.8 Å². The van der Waals surface area contributed by atoms with E-state index in [0.717, 1.165) is 0 Å². The van der Waals surface area contributed by atoms with Crippen molar-refractivity contribution in [3.05, 3.63) is 58.9 Å². The minimum Gasteiger partial charge on any atom is -0.494 e. The number of ketones is 1. The van der Waals surface area contributed by atoms with Gasteiger partial charge in [0.2, 0.25) is 0 Å². The van der Waals surface area contributed by atoms with Gasteiger partial charge < -0.3 is 10.5 Å². The lowest BCUT2D eigenvalue weighted by atomic mass is 10.0. The number of rotatable bonds is 4. The molecule has 0 saturated heterocycles. The SMILES string of the molecule is CCOc1ccc(C(=O)c2cc(N)c(C)c(F)c2)cc1. The van der Waals surface area contributed by atoms with E-state index in [2.05, 4.69) is 0 Å². The average molecular weight is 273 g/mol. The molecule has 0 aliphatic rings. The highest BCUT2D eigenvalue weighted by Crippen LogP contribution is 2.21. The third kappa shape index (κ3) is 2.79. The molecule has 2 aromatic carbocycles. The number of hydrogen-bond acceptors (Lipinski definition) is 3. The number of carbonyl (C=O) groups excluding carboxylic acids is 1. The summed E-state index contributed by atoms with van der Waals surface area (Å²) in [5.74, 6) is -0.0448. The minimum absolute atomic E-state index is 0.245. The quantitative estimate of drug-likeness (QED) is 0.686. The molecule has 0 aromatic heterocycles. The molecule has 0 atom stereocenters. The van der Waals surface area contributed by atoms with Crippen molar-refractivity contribution in [2.24, 2.45) is 0 Å². The normalized spacial score (nSPS) is 10.3. The summed E-state index contributed by atoms with van der Waals surface area (Å²) in [6.45, 7) is 4.03. The summed E-state index contributed by atoms with van der Waals surface area (Å²) in [5.41, 5.74) is 7.03. The highest BCUT2D eigenvalue weighted by Gasteiger charge is 2.13. The van der Waals surface area contributed by atoms with Crippen LogP contribution < -0.4 is 10.5 Å². The Morgan fingerprint density at radius 2 is 1.85 bits per heavy atom. The van der Waals surface area contributed by atoms with Gasteiger partial charge in [0.05, 0.1) is 6.61 Å². The Kier molecular flexibility index (Phi) is 4.03. The first-order chi connectivity index (χ1) is 9.52. The van der Waals surface area contributed by atoms with Gasteiger partial charge in [-0.1, -0.05) is 0 Å². The predicted octanol–water partition coefficient (Wildman–Crippen LogP) is 3.35. The third-order valence-corrected chi connectivity index (χ3v) is 3.07. The van der Waals surface area contributed by atoms with Gasteiger partial charge in [0, 0.05) is 22.4 Å². The Morgan fingerprint density at radius 1 is 1.20 bits per heavy atom. The Labute approximate surface area is 117 Å². The number of benzene rings is 2. The second-order valence-corrected chi connectivity index (χ2v) is 4.46. The van der Waals surface area contributed by atoms with Crippen LogP contribution in [0.5, 0.6) is 5.75 Å². The number of nitrogens with two attached hydrogens (primary N) is 1. The number of ether oxygens (including phenoxy) is 1. The molecular weight excluding hydrogens is 257 g/mol. The second kappa shape index (κ2) is 5.74. The van der Waals surface area contributed by atoms with E-state index < -0.39 is 5.82 Å². The molecule has 4 heteroatoms. The molecule has 104 valence electrons. The van der Waals surface area contributed by atoms with Gasteiger partial charge in [-0.25, -0.2) is 4.39 Å². The van der Waals surface area contributed by atoms with E-state index in [1.165, 1.54) is 12.1 Å². The van der Waals surface area contributed by atoms with Crippen molar-refractivity contribution in [3.63, 3.8) is 0 Å². The summed E-state index contributed by atoms with van der Waals surface area (Å²) in [5, 5.41) is 0. The maximum absolute atomic E-state index is 13.6. The molecule has 2 aromatic rings. The van der Waals surface area contributed by atoms with Crippen molar-refractivity contribution in [1.29, 1.82) is 0 Å². The Bertz CT molecular complexity index is 612. The molecule has 0 aliphatic heterocycles. The van der Waals surface area contributed by atoms with Crippen LogP contribution in [0.2, 0.25) is 0 Å². The zero-order valence-corrected chi connectivity index (χ0v) is 11.4. The molecule has 2 rings (SSSR count). The number of hydrogen-bond donors (Lipinski definition) is 1. The summed E-state index contributed by atoms with van der Waals surface area (Å²) in [6.07, 6.45) is 0. The van der Waals surface area contributed by atoms with Gasteiger partial charge >= 0.3 is 0 Å². The highest BCUT2D eigenvalue weighted by molar-refractivity contribution is 6.09. The van der Waals surface area contributed by atoms with Gasteiger partial charge in [-0.3, -0.25) is 4.79 Å². The van der Waals surface area contributed by atoms with Crippen molar-refractivity contribution in [3.8, 4) is 5.75 Å². The zero-order chi connectivity index (χ0) is 14.7. The smallest absolute Gasteiger partial charge is 0.193 e. The third-order valence-electron chi connectivity index (χ3n) is 3.07. The molecule has 20 heavy (non-hydrogen) atoms. The first-order valence-corrected chi connectivity index (χ1v) is 6.36. The second-order valence-electron chi connectivity index (χ2n) is 4.46. The first kappa shape index (κ1) is 14.1. The van der Waals surface area contributed by atoms with E-state index in [1.54, 1.807) is 31.2 Å². The van der Waals surface area contributed by atoms with Crippen LogP contribution in [-0.2, 0) is 0 Å². The zero-order valence-electron chi connectivity index (χ0n) is 11.4. The van der Waals surface area contributed by atoms with Crippen LogP contribution >= 0.6 is 0 Å². The van der Waals surface area contributed by atoms with E-state index in [9.17, 15) is 9.18 Å². The topological polar surface area (TPSA) is 52.3 Å². The molecule has 0 aliphatic carbocycles. The minimum atomic E-state index is -0.473. The molecule has 0 spiro atoms. The molecule has 0 saturated carbocycles. The monoisotopic (exact) mass is 273 g/mol. The van der Waals surface area contributed by atoms with Crippen molar-refractivity contribution in [1.82, 2.24) is 0 Å². The van der Waals surface area contributed by atoms with Crippen LogP contribution in [0.4, 0.5) is 10.1 Å². The number of anilines is 1. The Morgan fingerprint density at radius 3 is 2.40 bits per heavy atom. The highest BCUT2D eigenvalue weighted by atomic mass is 19.1. The number of carbonyl (C=O) groups is 1. The molecular formula is C16H16FNO2. The molecule has 0 heterocycles. The van der Waals surface area contributed by atoms with Gasteiger partial charge in [-0.05, 0) is 50.2 Å². The molecule has 0 unspecified atom stereocenters. The predicted molar refractivity (Wildman–Crippen MR) is 76.6 cm³/mol. The van der Waals surface area contributed by atoms with Crippen LogP contribution in [0.25, 0.3) is 0 Å². The lowest BCUT2D eigenvalue weighted by Crippen LogP contribution is -2.05. The molecule has 2 N–H and O–H groups in total. The standard InChI is InChI=1S/C16H16FNO2/c1-3-20-13-6-4-11(5-7-13)16(19)12-8-14(17)10(2)15(18)9-12/h4-9H,3,18H2,1-2H3. The average Bonchev–Trinajstić information content (AvgIpc) is 2.44. The molecule has 0 radical (unpaired) electrons. The van der Waals surface area contributed by atoms with Gasteiger partial charge in [-0.15, -0.1) is 0 Å². The fraction of sp³-hybridized carbons (Fsp3) is 0.188. The number of nitrogen functional groups attached to an aromatic ring is 1. The van der Waals surface area contributed by atoms with E-state index in [0.29, 0.717) is 23.5 Å². The Balaban J connectivity index is 2.31. The van der Waals surface area contributed by atoms with E-state index in [-0.39, 0.29) is 17.0 Å². The van der Waals surface area contributed by atoms with Gasteiger partial charge in [0.1, 0.15) is 11.6 Å².